The predicted molar refractivity (Wildman–Crippen MR) is 109 cm³/mol. The molecule has 0 aliphatic rings. The third kappa shape index (κ3) is 21.2. The number of carbonyl (C=O) groups excluding carboxylic acids is 1. The highest BCUT2D eigenvalue weighted by molar-refractivity contribution is 7.85. The Balaban J connectivity index is 3.28. The molecule has 0 aromatic rings. The first kappa shape index (κ1) is 25.1. The summed E-state index contributed by atoms with van der Waals surface area (Å²) in [6, 6.07) is 0. The highest BCUT2D eigenvalue weighted by Gasteiger charge is 2.06. The van der Waals surface area contributed by atoms with Gasteiger partial charge in [0, 0.05) is 13.0 Å². The third-order valence-corrected chi connectivity index (χ3v) is 5.07. The van der Waals surface area contributed by atoms with Crippen LogP contribution in [-0.2, 0) is 14.9 Å². The van der Waals surface area contributed by atoms with Crippen molar-refractivity contribution in [2.75, 3.05) is 12.3 Å². The van der Waals surface area contributed by atoms with Crippen LogP contribution >= 0.6 is 0 Å². The van der Waals surface area contributed by atoms with Gasteiger partial charge in [-0.2, -0.15) is 8.42 Å². The molecule has 0 atom stereocenters. The molecular formula is C20H39NO4S. The van der Waals surface area contributed by atoms with Gasteiger partial charge < -0.3 is 5.32 Å². The maximum absolute atomic E-state index is 11.5. The summed E-state index contributed by atoms with van der Waals surface area (Å²) in [7, 11) is -3.99. The minimum Gasteiger partial charge on any atom is -0.355 e. The second-order valence-corrected chi connectivity index (χ2v) is 8.54. The lowest BCUT2D eigenvalue weighted by atomic mass is 10.1. The van der Waals surface area contributed by atoms with Crippen LogP contribution in [0.3, 0.4) is 0 Å². The largest absolute Gasteiger partial charge is 0.355 e. The fourth-order valence-corrected chi connectivity index (χ4v) is 3.12. The van der Waals surface area contributed by atoms with Crippen LogP contribution in [0, 0.1) is 0 Å². The molecule has 0 fully saturated rings. The maximum Gasteiger partial charge on any atom is 0.266 e. The Morgan fingerprint density at radius 1 is 0.846 bits per heavy atom. The molecule has 0 spiro atoms. The van der Waals surface area contributed by atoms with Crippen LogP contribution in [0.5, 0.6) is 0 Å². The van der Waals surface area contributed by atoms with Gasteiger partial charge in [0.05, 0.1) is 5.75 Å². The fourth-order valence-electron chi connectivity index (χ4n) is 2.76. The van der Waals surface area contributed by atoms with Crippen LogP contribution in [0.15, 0.2) is 12.2 Å². The molecule has 0 aliphatic heterocycles. The summed E-state index contributed by atoms with van der Waals surface area (Å²) < 4.78 is 29.6. The first-order chi connectivity index (χ1) is 12.5. The van der Waals surface area contributed by atoms with Gasteiger partial charge in [-0.3, -0.25) is 9.35 Å². The van der Waals surface area contributed by atoms with Gasteiger partial charge in [0.15, 0.2) is 0 Å². The Hall–Kier alpha value is -0.880. The molecule has 0 bridgehead atoms. The van der Waals surface area contributed by atoms with Crippen molar-refractivity contribution in [2.45, 2.75) is 96.8 Å². The zero-order valence-electron chi connectivity index (χ0n) is 16.5. The van der Waals surface area contributed by atoms with Crippen molar-refractivity contribution in [2.24, 2.45) is 0 Å². The minimum absolute atomic E-state index is 0.0251. The molecule has 0 aliphatic carbocycles. The van der Waals surface area contributed by atoms with Crippen LogP contribution in [0.25, 0.3) is 0 Å². The highest BCUT2D eigenvalue weighted by Crippen LogP contribution is 2.09. The number of carbonyl (C=O) groups is 1. The zero-order valence-corrected chi connectivity index (χ0v) is 17.4. The van der Waals surface area contributed by atoms with Crippen molar-refractivity contribution in [3.63, 3.8) is 0 Å². The average molecular weight is 390 g/mol. The van der Waals surface area contributed by atoms with Gasteiger partial charge >= 0.3 is 0 Å². The molecular weight excluding hydrogens is 350 g/mol. The van der Waals surface area contributed by atoms with Gasteiger partial charge in [-0.25, -0.2) is 0 Å². The number of allylic oxidation sites excluding steroid dienone is 2. The van der Waals surface area contributed by atoms with Crippen molar-refractivity contribution in [3.05, 3.63) is 12.2 Å². The summed E-state index contributed by atoms with van der Waals surface area (Å²) in [5.41, 5.74) is 0. The molecule has 0 saturated heterocycles. The topological polar surface area (TPSA) is 83.5 Å². The van der Waals surface area contributed by atoms with Gasteiger partial charge in [0.25, 0.3) is 10.1 Å². The van der Waals surface area contributed by atoms with Crippen LogP contribution in [0.2, 0.25) is 0 Å². The average Bonchev–Trinajstić information content (AvgIpc) is 2.57. The third-order valence-electron chi connectivity index (χ3n) is 4.35. The van der Waals surface area contributed by atoms with Gasteiger partial charge in [0.1, 0.15) is 0 Å². The van der Waals surface area contributed by atoms with E-state index < -0.39 is 15.9 Å². The Bertz CT molecular complexity index is 460. The minimum atomic E-state index is -3.99. The summed E-state index contributed by atoms with van der Waals surface area (Å²) in [5.74, 6) is -0.572. The lowest BCUT2D eigenvalue weighted by Crippen LogP contribution is -2.28. The lowest BCUT2D eigenvalue weighted by Gasteiger charge is -2.04. The Morgan fingerprint density at radius 2 is 1.35 bits per heavy atom. The molecule has 0 aromatic carbocycles. The summed E-state index contributed by atoms with van der Waals surface area (Å²) in [5, 5.41) is 2.50. The van der Waals surface area contributed by atoms with Crippen LogP contribution in [-0.4, -0.2) is 31.2 Å². The summed E-state index contributed by atoms with van der Waals surface area (Å²) in [4.78, 5) is 11.5. The summed E-state index contributed by atoms with van der Waals surface area (Å²) in [6.45, 7) is 2.22. The van der Waals surface area contributed by atoms with E-state index in [-0.39, 0.29) is 12.5 Å². The molecule has 0 heterocycles. The Labute approximate surface area is 160 Å². The van der Waals surface area contributed by atoms with Crippen LogP contribution < -0.4 is 5.32 Å². The molecule has 26 heavy (non-hydrogen) atoms. The molecule has 1 amide bonds. The van der Waals surface area contributed by atoms with Gasteiger partial charge in [0.2, 0.25) is 5.91 Å². The second-order valence-electron chi connectivity index (χ2n) is 6.97. The standard InChI is InChI=1S/C20H39NO4S/c1-2-3-4-5-6-7-8-9-10-11-12-13-14-15-16-17-20(22)21-18-19-26(23,24)25/h9-10H,2-8,11-19H2,1H3,(H,21,22)(H,23,24,25). The molecule has 0 aromatic heterocycles. The van der Waals surface area contributed by atoms with E-state index in [1.54, 1.807) is 0 Å². The van der Waals surface area contributed by atoms with Gasteiger partial charge in [-0.1, -0.05) is 70.4 Å². The van der Waals surface area contributed by atoms with E-state index in [0.717, 1.165) is 25.7 Å². The van der Waals surface area contributed by atoms with E-state index >= 15 is 0 Å². The van der Waals surface area contributed by atoms with E-state index in [4.69, 9.17) is 4.55 Å². The van der Waals surface area contributed by atoms with Gasteiger partial charge in [-0.05, 0) is 32.1 Å². The molecule has 0 rings (SSSR count). The van der Waals surface area contributed by atoms with E-state index in [0.29, 0.717) is 6.42 Å². The fraction of sp³-hybridized carbons (Fsp3) is 0.850. The molecule has 0 unspecified atom stereocenters. The van der Waals surface area contributed by atoms with Crippen molar-refractivity contribution < 1.29 is 17.8 Å². The Kier molecular flexibility index (Phi) is 16.9. The highest BCUT2D eigenvalue weighted by atomic mass is 32.2. The molecule has 0 saturated carbocycles. The number of nitrogens with one attached hydrogen (secondary N) is 1. The number of amides is 1. The van der Waals surface area contributed by atoms with E-state index in [1.165, 1.54) is 57.8 Å². The van der Waals surface area contributed by atoms with E-state index in [1.807, 2.05) is 0 Å². The normalized spacial score (nSPS) is 11.9. The second kappa shape index (κ2) is 17.5. The number of hydrogen-bond acceptors (Lipinski definition) is 3. The summed E-state index contributed by atoms with van der Waals surface area (Å²) in [6.07, 6.45) is 20.9. The first-order valence-corrected chi connectivity index (χ1v) is 11.9. The Morgan fingerprint density at radius 3 is 1.88 bits per heavy atom. The monoisotopic (exact) mass is 389 g/mol. The molecule has 0 radical (unpaired) electrons. The number of rotatable bonds is 18. The maximum atomic E-state index is 11.5. The van der Waals surface area contributed by atoms with Gasteiger partial charge in [-0.15, -0.1) is 0 Å². The predicted octanol–water partition coefficient (Wildman–Crippen LogP) is 5.03. The molecule has 154 valence electrons. The van der Waals surface area contributed by atoms with Crippen LogP contribution in [0.1, 0.15) is 96.8 Å². The smallest absolute Gasteiger partial charge is 0.266 e. The molecule has 6 heteroatoms. The quantitative estimate of drug-likeness (QED) is 0.196. The SMILES string of the molecule is CCCCCCCCC=CCCCCCCCC(=O)NCCS(=O)(=O)O. The first-order valence-electron chi connectivity index (χ1n) is 10.3. The van der Waals surface area contributed by atoms with E-state index in [2.05, 4.69) is 24.4 Å². The molecule has 5 nitrogen and oxygen atoms in total. The number of unbranched alkanes of at least 4 members (excludes halogenated alkanes) is 11. The zero-order chi connectivity index (χ0) is 19.5. The van der Waals surface area contributed by atoms with Crippen molar-refractivity contribution in [3.8, 4) is 0 Å². The van der Waals surface area contributed by atoms with Crippen molar-refractivity contribution in [1.29, 1.82) is 0 Å². The lowest BCUT2D eigenvalue weighted by molar-refractivity contribution is -0.121. The number of hydrogen-bond donors (Lipinski definition) is 2. The van der Waals surface area contributed by atoms with Crippen molar-refractivity contribution >= 4 is 16.0 Å². The van der Waals surface area contributed by atoms with Crippen LogP contribution in [0.4, 0.5) is 0 Å². The van der Waals surface area contributed by atoms with Crippen molar-refractivity contribution in [1.82, 2.24) is 5.32 Å². The summed E-state index contributed by atoms with van der Waals surface area (Å²) >= 11 is 0. The van der Waals surface area contributed by atoms with E-state index in [9.17, 15) is 13.2 Å². The molecule has 2 N–H and O–H groups in total.